The highest BCUT2D eigenvalue weighted by Crippen LogP contribution is 2.46. The van der Waals surface area contributed by atoms with Crippen LogP contribution in [-0.4, -0.2) is 34.1 Å². The van der Waals surface area contributed by atoms with Crippen molar-refractivity contribution in [3.05, 3.63) is 40.7 Å². The number of hydrogen-bond donors (Lipinski definition) is 2. The molecule has 1 amide bonds. The fraction of sp³-hybridized carbons (Fsp3) is 0.364. The molecule has 0 atom stereocenters. The summed E-state index contributed by atoms with van der Waals surface area (Å²) in [6.07, 6.45) is 5.77. The Hall–Kier alpha value is -2.93. The molecule has 1 aromatic carbocycles. The summed E-state index contributed by atoms with van der Waals surface area (Å²) in [5.74, 6) is 1.77. The van der Waals surface area contributed by atoms with Crippen molar-refractivity contribution in [2.24, 2.45) is 5.92 Å². The molecule has 0 unspecified atom stereocenters. The summed E-state index contributed by atoms with van der Waals surface area (Å²) >= 11 is 6.47. The Morgan fingerprint density at radius 3 is 3.00 bits per heavy atom. The van der Waals surface area contributed by atoms with Gasteiger partial charge < -0.3 is 24.7 Å². The second kappa shape index (κ2) is 6.80. The van der Waals surface area contributed by atoms with Crippen molar-refractivity contribution in [3.8, 4) is 11.5 Å². The van der Waals surface area contributed by atoms with Gasteiger partial charge in [-0.2, -0.15) is 0 Å². The molecule has 8 heteroatoms. The Labute approximate surface area is 178 Å². The predicted molar refractivity (Wildman–Crippen MR) is 113 cm³/mol. The molecule has 0 bridgehead atoms. The first-order valence-corrected chi connectivity index (χ1v) is 10.7. The molecule has 2 N–H and O–H groups in total. The SMILES string of the molecule is O=C(C1CCC1)N1CCc2[nH]c3nccc(Nc4c(Cl)ccc5c4OCO5)c3c2C1. The molecule has 3 aliphatic rings. The van der Waals surface area contributed by atoms with Gasteiger partial charge in [0.15, 0.2) is 11.5 Å². The van der Waals surface area contributed by atoms with Crippen molar-refractivity contribution in [2.45, 2.75) is 32.2 Å². The van der Waals surface area contributed by atoms with Crippen molar-refractivity contribution < 1.29 is 14.3 Å². The van der Waals surface area contributed by atoms with Gasteiger partial charge in [-0.3, -0.25) is 4.79 Å². The molecule has 7 nitrogen and oxygen atoms in total. The van der Waals surface area contributed by atoms with Crippen molar-refractivity contribution in [1.82, 2.24) is 14.9 Å². The Balaban J connectivity index is 1.40. The van der Waals surface area contributed by atoms with Crippen LogP contribution in [0.1, 0.15) is 30.5 Å². The highest BCUT2D eigenvalue weighted by atomic mass is 35.5. The summed E-state index contributed by atoms with van der Waals surface area (Å²) < 4.78 is 11.1. The van der Waals surface area contributed by atoms with Gasteiger partial charge in [-0.25, -0.2) is 4.98 Å². The molecule has 1 saturated carbocycles. The first-order valence-electron chi connectivity index (χ1n) is 10.3. The van der Waals surface area contributed by atoms with Crippen LogP contribution in [0, 0.1) is 5.92 Å². The fourth-order valence-electron chi connectivity index (χ4n) is 4.54. The number of halogens is 1. The maximum absolute atomic E-state index is 12.8. The number of fused-ring (bicyclic) bond motifs is 4. The number of carbonyl (C=O) groups is 1. The first-order chi connectivity index (χ1) is 14.7. The van der Waals surface area contributed by atoms with Crippen molar-refractivity contribution in [2.75, 3.05) is 18.7 Å². The quantitative estimate of drug-likeness (QED) is 0.652. The molecule has 154 valence electrons. The van der Waals surface area contributed by atoms with E-state index in [4.69, 9.17) is 21.1 Å². The third-order valence-corrected chi connectivity index (χ3v) is 6.70. The number of aromatic nitrogens is 2. The van der Waals surface area contributed by atoms with E-state index in [-0.39, 0.29) is 18.6 Å². The summed E-state index contributed by atoms with van der Waals surface area (Å²) in [5.41, 5.74) is 4.63. The number of pyridine rings is 1. The molecule has 4 heterocycles. The highest BCUT2D eigenvalue weighted by molar-refractivity contribution is 6.34. The second-order valence-corrected chi connectivity index (χ2v) is 8.49. The molecule has 0 spiro atoms. The van der Waals surface area contributed by atoms with Gasteiger partial charge in [0, 0.05) is 48.3 Å². The number of carbonyl (C=O) groups excluding carboxylic acids is 1. The minimum atomic E-state index is 0.175. The summed E-state index contributed by atoms with van der Waals surface area (Å²) in [4.78, 5) is 22.8. The van der Waals surface area contributed by atoms with E-state index in [0.717, 1.165) is 60.2 Å². The molecule has 0 saturated heterocycles. The van der Waals surface area contributed by atoms with E-state index >= 15 is 0 Å². The van der Waals surface area contributed by atoms with Gasteiger partial charge in [-0.05, 0) is 31.0 Å². The number of hydrogen-bond acceptors (Lipinski definition) is 5. The van der Waals surface area contributed by atoms with E-state index in [1.807, 2.05) is 11.0 Å². The van der Waals surface area contributed by atoms with Crippen LogP contribution in [0.2, 0.25) is 5.02 Å². The zero-order valence-corrected chi connectivity index (χ0v) is 17.1. The van der Waals surface area contributed by atoms with Crippen LogP contribution >= 0.6 is 11.6 Å². The largest absolute Gasteiger partial charge is 0.454 e. The van der Waals surface area contributed by atoms with Crippen molar-refractivity contribution in [3.63, 3.8) is 0 Å². The Morgan fingerprint density at radius 1 is 1.27 bits per heavy atom. The number of nitrogens with zero attached hydrogens (tertiary/aromatic N) is 2. The summed E-state index contributed by atoms with van der Waals surface area (Å²) in [5, 5.41) is 4.98. The molecule has 0 radical (unpaired) electrons. The van der Waals surface area contributed by atoms with Crippen LogP contribution in [0.5, 0.6) is 11.5 Å². The zero-order chi connectivity index (χ0) is 20.2. The number of nitrogens with one attached hydrogen (secondary N) is 2. The smallest absolute Gasteiger partial charge is 0.231 e. The van der Waals surface area contributed by atoms with E-state index < -0.39 is 0 Å². The van der Waals surface area contributed by atoms with Gasteiger partial charge in [0.25, 0.3) is 0 Å². The van der Waals surface area contributed by atoms with Crippen LogP contribution in [0.15, 0.2) is 24.4 Å². The molecule has 6 rings (SSSR count). The monoisotopic (exact) mass is 424 g/mol. The lowest BCUT2D eigenvalue weighted by Gasteiger charge is -2.34. The average Bonchev–Trinajstić information content (AvgIpc) is 3.33. The topological polar surface area (TPSA) is 79.5 Å². The van der Waals surface area contributed by atoms with Gasteiger partial charge in [-0.15, -0.1) is 0 Å². The number of rotatable bonds is 3. The minimum Gasteiger partial charge on any atom is -0.454 e. The Bertz CT molecular complexity index is 1170. The molecule has 30 heavy (non-hydrogen) atoms. The Morgan fingerprint density at radius 2 is 2.17 bits per heavy atom. The lowest BCUT2D eigenvalue weighted by atomic mass is 9.84. The van der Waals surface area contributed by atoms with Crippen LogP contribution < -0.4 is 14.8 Å². The summed E-state index contributed by atoms with van der Waals surface area (Å²) in [7, 11) is 0. The highest BCUT2D eigenvalue weighted by Gasteiger charge is 2.33. The molecule has 3 aromatic rings. The van der Waals surface area contributed by atoms with Gasteiger partial charge in [0.05, 0.1) is 10.7 Å². The average molecular weight is 425 g/mol. The van der Waals surface area contributed by atoms with Crippen LogP contribution in [0.4, 0.5) is 11.4 Å². The first kappa shape index (κ1) is 17.9. The number of benzene rings is 1. The van der Waals surface area contributed by atoms with Gasteiger partial charge in [0.2, 0.25) is 12.7 Å². The van der Waals surface area contributed by atoms with E-state index in [1.54, 1.807) is 18.3 Å². The van der Waals surface area contributed by atoms with Crippen LogP contribution in [0.25, 0.3) is 11.0 Å². The summed E-state index contributed by atoms with van der Waals surface area (Å²) in [6, 6.07) is 5.52. The van der Waals surface area contributed by atoms with Gasteiger partial charge >= 0.3 is 0 Å². The van der Waals surface area contributed by atoms with Crippen molar-refractivity contribution in [1.29, 1.82) is 0 Å². The molecular weight excluding hydrogens is 404 g/mol. The third kappa shape index (κ3) is 2.72. The second-order valence-electron chi connectivity index (χ2n) is 8.08. The standard InChI is InChI=1S/C22H21ClN4O3/c23-14-4-5-17-20(30-11-29-17)19(14)25-16-6-8-24-21-18(16)13-10-27(9-7-15(13)26-21)22(28)12-2-1-3-12/h4-6,8,12H,1-3,7,9-11H2,(H2,24,25,26). The lowest BCUT2D eigenvalue weighted by Crippen LogP contribution is -2.41. The van der Waals surface area contributed by atoms with Gasteiger partial charge in [0.1, 0.15) is 11.3 Å². The number of H-pyrrole nitrogens is 1. The molecule has 1 aliphatic carbocycles. The maximum Gasteiger partial charge on any atom is 0.231 e. The van der Waals surface area contributed by atoms with Crippen LogP contribution in [-0.2, 0) is 17.8 Å². The van der Waals surface area contributed by atoms with E-state index in [0.29, 0.717) is 28.8 Å². The summed E-state index contributed by atoms with van der Waals surface area (Å²) in [6.45, 7) is 1.53. The molecule has 2 aromatic heterocycles. The number of amides is 1. The van der Waals surface area contributed by atoms with Crippen LogP contribution in [0.3, 0.4) is 0 Å². The Kier molecular flexibility index (Phi) is 4.06. The predicted octanol–water partition coefficient (Wildman–Crippen LogP) is 4.37. The van der Waals surface area contributed by atoms with E-state index in [1.165, 1.54) is 0 Å². The zero-order valence-electron chi connectivity index (χ0n) is 16.3. The number of ether oxygens (including phenoxy) is 2. The maximum atomic E-state index is 12.8. The molecule has 1 fully saturated rings. The lowest BCUT2D eigenvalue weighted by molar-refractivity contribution is -0.139. The molecule has 2 aliphatic heterocycles. The fourth-order valence-corrected chi connectivity index (χ4v) is 4.74. The third-order valence-electron chi connectivity index (χ3n) is 6.38. The van der Waals surface area contributed by atoms with E-state index in [2.05, 4.69) is 15.3 Å². The van der Waals surface area contributed by atoms with E-state index in [9.17, 15) is 4.79 Å². The van der Waals surface area contributed by atoms with Gasteiger partial charge in [-0.1, -0.05) is 18.0 Å². The number of anilines is 2. The number of aromatic amines is 1. The normalized spacial score (nSPS) is 17.7. The minimum absolute atomic E-state index is 0.175. The van der Waals surface area contributed by atoms with Crippen molar-refractivity contribution >= 4 is 39.9 Å². The molecular formula is C22H21ClN4O3.